The normalized spacial score (nSPS) is 13.8. The second-order valence-corrected chi connectivity index (χ2v) is 4.81. The van der Waals surface area contributed by atoms with E-state index in [0.29, 0.717) is 22.8 Å². The molecular formula is C13H11ClFN3O. The SMILES string of the molecule is O=c1[nH]c(-c2ccc(F)c(Cl)c2)nc2c1CCCN2. The maximum absolute atomic E-state index is 13.1. The van der Waals surface area contributed by atoms with Crippen molar-refractivity contribution in [2.24, 2.45) is 0 Å². The minimum Gasteiger partial charge on any atom is -0.370 e. The molecule has 0 atom stereocenters. The monoisotopic (exact) mass is 279 g/mol. The molecule has 0 bridgehead atoms. The van der Waals surface area contributed by atoms with Gasteiger partial charge in [-0.05, 0) is 31.0 Å². The van der Waals surface area contributed by atoms with E-state index in [1.807, 2.05) is 0 Å². The molecule has 2 N–H and O–H groups in total. The molecular weight excluding hydrogens is 269 g/mol. The van der Waals surface area contributed by atoms with Crippen molar-refractivity contribution in [3.63, 3.8) is 0 Å². The minimum absolute atomic E-state index is 0.00540. The van der Waals surface area contributed by atoms with Gasteiger partial charge in [0.15, 0.2) is 0 Å². The Kier molecular flexibility index (Phi) is 2.98. The van der Waals surface area contributed by atoms with Crippen molar-refractivity contribution in [1.82, 2.24) is 9.97 Å². The molecule has 0 aliphatic carbocycles. The topological polar surface area (TPSA) is 57.8 Å². The molecule has 1 aromatic heterocycles. The lowest BCUT2D eigenvalue weighted by molar-refractivity contribution is 0.628. The number of hydrogen-bond acceptors (Lipinski definition) is 3. The lowest BCUT2D eigenvalue weighted by Crippen LogP contribution is -2.24. The predicted octanol–water partition coefficient (Wildman–Crippen LogP) is 2.59. The Morgan fingerprint density at radius 2 is 2.21 bits per heavy atom. The molecule has 1 aromatic carbocycles. The zero-order valence-electron chi connectivity index (χ0n) is 9.96. The van der Waals surface area contributed by atoms with Crippen LogP contribution in [0.5, 0.6) is 0 Å². The van der Waals surface area contributed by atoms with E-state index < -0.39 is 5.82 Å². The summed E-state index contributed by atoms with van der Waals surface area (Å²) in [5.74, 6) is 0.495. The first kappa shape index (κ1) is 12.2. The fourth-order valence-electron chi connectivity index (χ4n) is 2.13. The number of aromatic amines is 1. The van der Waals surface area contributed by atoms with Crippen LogP contribution in [0.4, 0.5) is 10.2 Å². The van der Waals surface area contributed by atoms with Gasteiger partial charge in [0, 0.05) is 12.1 Å². The number of H-pyrrole nitrogens is 1. The largest absolute Gasteiger partial charge is 0.370 e. The van der Waals surface area contributed by atoms with Crippen molar-refractivity contribution in [3.05, 3.63) is 45.0 Å². The Labute approximate surface area is 113 Å². The van der Waals surface area contributed by atoms with Crippen LogP contribution in [-0.2, 0) is 6.42 Å². The van der Waals surface area contributed by atoms with Crippen LogP contribution >= 0.6 is 11.6 Å². The molecule has 0 spiro atoms. The van der Waals surface area contributed by atoms with Gasteiger partial charge in [-0.25, -0.2) is 9.37 Å². The van der Waals surface area contributed by atoms with Crippen molar-refractivity contribution in [2.75, 3.05) is 11.9 Å². The number of hydrogen-bond donors (Lipinski definition) is 2. The van der Waals surface area contributed by atoms with Gasteiger partial charge in [-0.15, -0.1) is 0 Å². The fraction of sp³-hybridized carbons (Fsp3) is 0.231. The number of aromatic nitrogens is 2. The first-order valence-corrected chi connectivity index (χ1v) is 6.35. The first-order chi connectivity index (χ1) is 9.15. The molecule has 1 aliphatic heterocycles. The van der Waals surface area contributed by atoms with Gasteiger partial charge in [0.25, 0.3) is 5.56 Å². The average molecular weight is 280 g/mol. The van der Waals surface area contributed by atoms with E-state index in [4.69, 9.17) is 11.6 Å². The predicted molar refractivity (Wildman–Crippen MR) is 72.1 cm³/mol. The molecule has 0 amide bonds. The summed E-state index contributed by atoms with van der Waals surface area (Å²) < 4.78 is 13.1. The van der Waals surface area contributed by atoms with E-state index in [9.17, 15) is 9.18 Å². The number of halogens is 2. The van der Waals surface area contributed by atoms with Crippen LogP contribution in [0.15, 0.2) is 23.0 Å². The molecule has 1 aliphatic rings. The van der Waals surface area contributed by atoms with E-state index >= 15 is 0 Å². The van der Waals surface area contributed by atoms with Crippen LogP contribution < -0.4 is 10.9 Å². The molecule has 2 aromatic rings. The number of rotatable bonds is 1. The number of benzene rings is 1. The third-order valence-electron chi connectivity index (χ3n) is 3.10. The number of fused-ring (bicyclic) bond motifs is 1. The highest BCUT2D eigenvalue weighted by Crippen LogP contribution is 2.24. The minimum atomic E-state index is -0.496. The fourth-order valence-corrected chi connectivity index (χ4v) is 2.31. The number of anilines is 1. The van der Waals surface area contributed by atoms with Crippen molar-refractivity contribution in [2.45, 2.75) is 12.8 Å². The summed E-state index contributed by atoms with van der Waals surface area (Å²) >= 11 is 5.74. The van der Waals surface area contributed by atoms with Crippen LogP contribution in [0, 0.1) is 5.82 Å². The summed E-state index contributed by atoms with van der Waals surface area (Å²) in [6.07, 6.45) is 1.63. The Morgan fingerprint density at radius 3 is 3.00 bits per heavy atom. The summed E-state index contributed by atoms with van der Waals surface area (Å²) in [6, 6.07) is 4.24. The van der Waals surface area contributed by atoms with Gasteiger partial charge in [0.1, 0.15) is 17.5 Å². The number of nitrogens with one attached hydrogen (secondary N) is 2. The molecule has 0 radical (unpaired) electrons. The van der Waals surface area contributed by atoms with Crippen LogP contribution in [0.2, 0.25) is 5.02 Å². The van der Waals surface area contributed by atoms with E-state index in [-0.39, 0.29) is 10.6 Å². The standard InChI is InChI=1S/C13H11ClFN3O/c14-9-6-7(3-4-10(9)15)11-17-12-8(13(19)18-11)2-1-5-16-12/h3-4,6H,1-2,5H2,(H2,16,17,18,19). The van der Waals surface area contributed by atoms with Crippen LogP contribution in [0.3, 0.4) is 0 Å². The maximum atomic E-state index is 13.1. The van der Waals surface area contributed by atoms with Gasteiger partial charge in [-0.3, -0.25) is 4.79 Å². The molecule has 0 fully saturated rings. The molecule has 4 nitrogen and oxygen atoms in total. The smallest absolute Gasteiger partial charge is 0.256 e. The van der Waals surface area contributed by atoms with Gasteiger partial charge in [0.2, 0.25) is 0 Å². The lowest BCUT2D eigenvalue weighted by Gasteiger charge is -2.16. The van der Waals surface area contributed by atoms with E-state index in [2.05, 4.69) is 15.3 Å². The zero-order chi connectivity index (χ0) is 13.4. The summed E-state index contributed by atoms with van der Waals surface area (Å²) in [5, 5.41) is 3.11. The van der Waals surface area contributed by atoms with Crippen LogP contribution in [-0.4, -0.2) is 16.5 Å². The van der Waals surface area contributed by atoms with Crippen molar-refractivity contribution in [3.8, 4) is 11.4 Å². The molecule has 0 unspecified atom stereocenters. The van der Waals surface area contributed by atoms with Gasteiger partial charge in [0.05, 0.1) is 10.6 Å². The molecule has 3 rings (SSSR count). The van der Waals surface area contributed by atoms with Gasteiger partial charge >= 0.3 is 0 Å². The summed E-state index contributed by atoms with van der Waals surface area (Å²) in [7, 11) is 0. The quantitative estimate of drug-likeness (QED) is 0.843. The molecule has 6 heteroatoms. The zero-order valence-corrected chi connectivity index (χ0v) is 10.7. The lowest BCUT2D eigenvalue weighted by atomic mass is 10.1. The highest BCUT2D eigenvalue weighted by atomic mass is 35.5. The molecule has 0 saturated heterocycles. The maximum Gasteiger partial charge on any atom is 0.256 e. The first-order valence-electron chi connectivity index (χ1n) is 5.97. The van der Waals surface area contributed by atoms with Crippen molar-refractivity contribution >= 4 is 17.4 Å². The average Bonchev–Trinajstić information content (AvgIpc) is 2.42. The molecule has 2 heterocycles. The van der Waals surface area contributed by atoms with E-state index in [1.165, 1.54) is 18.2 Å². The Balaban J connectivity index is 2.12. The van der Waals surface area contributed by atoms with Gasteiger partial charge < -0.3 is 10.3 Å². The van der Waals surface area contributed by atoms with Crippen molar-refractivity contribution in [1.29, 1.82) is 0 Å². The Bertz CT molecular complexity index is 699. The molecule has 0 saturated carbocycles. The third-order valence-corrected chi connectivity index (χ3v) is 3.39. The molecule has 98 valence electrons. The summed E-state index contributed by atoms with van der Waals surface area (Å²) in [6.45, 7) is 0.799. The summed E-state index contributed by atoms with van der Waals surface area (Å²) in [5.41, 5.74) is 1.09. The second kappa shape index (κ2) is 4.66. The van der Waals surface area contributed by atoms with Crippen LogP contribution in [0.25, 0.3) is 11.4 Å². The van der Waals surface area contributed by atoms with Gasteiger partial charge in [-0.1, -0.05) is 11.6 Å². The van der Waals surface area contributed by atoms with Gasteiger partial charge in [-0.2, -0.15) is 0 Å². The molecule has 19 heavy (non-hydrogen) atoms. The Hall–Kier alpha value is -1.88. The second-order valence-electron chi connectivity index (χ2n) is 4.40. The third kappa shape index (κ3) is 2.21. The summed E-state index contributed by atoms with van der Waals surface area (Å²) in [4.78, 5) is 19.0. The van der Waals surface area contributed by atoms with Crippen molar-refractivity contribution < 1.29 is 4.39 Å². The highest BCUT2D eigenvalue weighted by molar-refractivity contribution is 6.31. The van der Waals surface area contributed by atoms with E-state index in [1.54, 1.807) is 0 Å². The van der Waals surface area contributed by atoms with Crippen LogP contribution in [0.1, 0.15) is 12.0 Å². The van der Waals surface area contributed by atoms with E-state index in [0.717, 1.165) is 19.4 Å². The number of nitrogens with zero attached hydrogens (tertiary/aromatic N) is 1. The Morgan fingerprint density at radius 1 is 1.37 bits per heavy atom. The highest BCUT2D eigenvalue weighted by Gasteiger charge is 2.16.